The molecule has 0 aliphatic carbocycles. The number of carbonyl (C=O) groups is 2. The summed E-state index contributed by atoms with van der Waals surface area (Å²) in [5.41, 5.74) is 1.56. The Labute approximate surface area is 150 Å². The number of piperidine rings is 1. The molecular formula is C20H20F2N2O2. The van der Waals surface area contributed by atoms with Crippen LogP contribution in [0, 0.1) is 18.6 Å². The zero-order valence-electron chi connectivity index (χ0n) is 14.5. The van der Waals surface area contributed by atoms with E-state index in [1.165, 1.54) is 0 Å². The van der Waals surface area contributed by atoms with Gasteiger partial charge in [-0.3, -0.25) is 9.59 Å². The zero-order valence-corrected chi connectivity index (χ0v) is 14.5. The number of hydrogen-bond acceptors (Lipinski definition) is 2. The molecule has 1 heterocycles. The van der Waals surface area contributed by atoms with Gasteiger partial charge in [0.2, 0.25) is 0 Å². The van der Waals surface area contributed by atoms with Crippen LogP contribution < -0.4 is 5.32 Å². The molecule has 0 unspecified atom stereocenters. The Hall–Kier alpha value is -2.76. The van der Waals surface area contributed by atoms with Gasteiger partial charge in [0.05, 0.1) is 5.56 Å². The molecular weight excluding hydrogens is 338 g/mol. The summed E-state index contributed by atoms with van der Waals surface area (Å²) >= 11 is 0. The minimum atomic E-state index is -0.880. The standard InChI is InChI=1S/C20H20F2N2O2/c1-13-2-4-14(5-3-13)20(26)24-10-8-16(9-11-24)23-19(25)17-7-6-15(21)12-18(17)22/h2-7,12,16H,8-11H2,1H3,(H,23,25). The van der Waals surface area contributed by atoms with Crippen LogP contribution in [0.15, 0.2) is 42.5 Å². The van der Waals surface area contributed by atoms with Gasteiger partial charge in [-0.05, 0) is 44.0 Å². The second-order valence-corrected chi connectivity index (χ2v) is 6.53. The SMILES string of the molecule is Cc1ccc(C(=O)N2CCC(NC(=O)c3ccc(F)cc3F)CC2)cc1. The first-order valence-corrected chi connectivity index (χ1v) is 8.56. The van der Waals surface area contributed by atoms with Crippen molar-refractivity contribution in [2.24, 2.45) is 0 Å². The highest BCUT2D eigenvalue weighted by Crippen LogP contribution is 2.16. The molecule has 1 saturated heterocycles. The molecule has 0 saturated carbocycles. The molecule has 1 fully saturated rings. The van der Waals surface area contributed by atoms with Gasteiger partial charge in [0.1, 0.15) is 11.6 Å². The van der Waals surface area contributed by atoms with E-state index >= 15 is 0 Å². The summed E-state index contributed by atoms with van der Waals surface area (Å²) in [6.45, 7) is 3.00. The second kappa shape index (κ2) is 7.64. The maximum atomic E-state index is 13.7. The van der Waals surface area contributed by atoms with Gasteiger partial charge in [-0.1, -0.05) is 17.7 Å². The minimum absolute atomic E-state index is 0.0284. The fourth-order valence-electron chi connectivity index (χ4n) is 3.04. The Morgan fingerprint density at radius 2 is 1.69 bits per heavy atom. The predicted molar refractivity (Wildman–Crippen MR) is 93.9 cm³/mol. The van der Waals surface area contributed by atoms with Gasteiger partial charge in [-0.25, -0.2) is 8.78 Å². The zero-order chi connectivity index (χ0) is 18.7. The Morgan fingerprint density at radius 1 is 1.04 bits per heavy atom. The van der Waals surface area contributed by atoms with Crippen LogP contribution in [0.4, 0.5) is 8.78 Å². The highest BCUT2D eigenvalue weighted by Gasteiger charge is 2.25. The third-order valence-electron chi connectivity index (χ3n) is 4.59. The monoisotopic (exact) mass is 358 g/mol. The van der Waals surface area contributed by atoms with E-state index in [2.05, 4.69) is 5.32 Å². The van der Waals surface area contributed by atoms with Gasteiger partial charge in [0.15, 0.2) is 0 Å². The Morgan fingerprint density at radius 3 is 2.31 bits per heavy atom. The van der Waals surface area contributed by atoms with Crippen LogP contribution in [0.25, 0.3) is 0 Å². The molecule has 1 N–H and O–H groups in total. The van der Waals surface area contributed by atoms with Crippen LogP contribution in [0.3, 0.4) is 0 Å². The summed E-state index contributed by atoms with van der Waals surface area (Å²) in [6.07, 6.45) is 1.18. The molecule has 2 aromatic rings. The first-order chi connectivity index (χ1) is 12.4. The fraction of sp³-hybridized carbons (Fsp3) is 0.300. The molecule has 0 bridgehead atoms. The number of nitrogens with one attached hydrogen (secondary N) is 1. The molecule has 0 atom stereocenters. The molecule has 2 amide bonds. The predicted octanol–water partition coefficient (Wildman–Crippen LogP) is 3.31. The first-order valence-electron chi connectivity index (χ1n) is 8.56. The van der Waals surface area contributed by atoms with Crippen molar-refractivity contribution in [3.63, 3.8) is 0 Å². The topological polar surface area (TPSA) is 49.4 Å². The molecule has 0 spiro atoms. The van der Waals surface area contributed by atoms with Crippen molar-refractivity contribution in [2.45, 2.75) is 25.8 Å². The van der Waals surface area contributed by atoms with E-state index in [1.807, 2.05) is 31.2 Å². The van der Waals surface area contributed by atoms with Crippen LogP contribution in [0.5, 0.6) is 0 Å². The normalized spacial score (nSPS) is 15.0. The summed E-state index contributed by atoms with van der Waals surface area (Å²) in [5, 5.41) is 2.76. The van der Waals surface area contributed by atoms with Crippen molar-refractivity contribution < 1.29 is 18.4 Å². The third-order valence-corrected chi connectivity index (χ3v) is 4.59. The molecule has 26 heavy (non-hydrogen) atoms. The average molecular weight is 358 g/mol. The number of nitrogens with zero attached hydrogens (tertiary/aromatic N) is 1. The molecule has 2 aromatic carbocycles. The van der Waals surface area contributed by atoms with Gasteiger partial charge < -0.3 is 10.2 Å². The number of amides is 2. The number of rotatable bonds is 3. The third kappa shape index (κ3) is 4.07. The minimum Gasteiger partial charge on any atom is -0.349 e. The van der Waals surface area contributed by atoms with Gasteiger partial charge in [0, 0.05) is 30.8 Å². The van der Waals surface area contributed by atoms with E-state index in [0.29, 0.717) is 37.6 Å². The number of aryl methyl sites for hydroxylation is 1. The molecule has 0 radical (unpaired) electrons. The lowest BCUT2D eigenvalue weighted by Gasteiger charge is -2.32. The molecule has 1 aliphatic heterocycles. The van der Waals surface area contributed by atoms with E-state index in [4.69, 9.17) is 0 Å². The van der Waals surface area contributed by atoms with Gasteiger partial charge >= 0.3 is 0 Å². The van der Waals surface area contributed by atoms with Crippen LogP contribution in [0.2, 0.25) is 0 Å². The Balaban J connectivity index is 1.55. The highest BCUT2D eigenvalue weighted by atomic mass is 19.1. The first kappa shape index (κ1) is 18.0. The van der Waals surface area contributed by atoms with E-state index < -0.39 is 17.5 Å². The molecule has 0 aromatic heterocycles. The molecule has 4 nitrogen and oxygen atoms in total. The van der Waals surface area contributed by atoms with Crippen LogP contribution in [0.1, 0.15) is 39.1 Å². The maximum absolute atomic E-state index is 13.7. The lowest BCUT2D eigenvalue weighted by atomic mass is 10.0. The van der Waals surface area contributed by atoms with Crippen molar-refractivity contribution in [3.8, 4) is 0 Å². The van der Waals surface area contributed by atoms with Crippen molar-refractivity contribution >= 4 is 11.8 Å². The van der Waals surface area contributed by atoms with E-state index in [9.17, 15) is 18.4 Å². The van der Waals surface area contributed by atoms with E-state index in [1.54, 1.807) is 4.90 Å². The number of likely N-dealkylation sites (tertiary alicyclic amines) is 1. The van der Waals surface area contributed by atoms with Crippen LogP contribution in [-0.2, 0) is 0 Å². The van der Waals surface area contributed by atoms with Gasteiger partial charge in [-0.15, -0.1) is 0 Å². The van der Waals surface area contributed by atoms with Crippen LogP contribution >= 0.6 is 0 Å². The van der Waals surface area contributed by atoms with Gasteiger partial charge in [-0.2, -0.15) is 0 Å². The maximum Gasteiger partial charge on any atom is 0.254 e. The smallest absolute Gasteiger partial charge is 0.254 e. The van der Waals surface area contributed by atoms with E-state index in [-0.39, 0.29) is 17.5 Å². The largest absolute Gasteiger partial charge is 0.349 e. The number of halogens is 2. The summed E-state index contributed by atoms with van der Waals surface area (Å²) < 4.78 is 26.6. The Bertz CT molecular complexity index is 813. The lowest BCUT2D eigenvalue weighted by Crippen LogP contribution is -2.46. The van der Waals surface area contributed by atoms with Crippen molar-refractivity contribution in [3.05, 3.63) is 70.8 Å². The van der Waals surface area contributed by atoms with Gasteiger partial charge in [0.25, 0.3) is 11.8 Å². The summed E-state index contributed by atoms with van der Waals surface area (Å²) in [4.78, 5) is 26.4. The summed E-state index contributed by atoms with van der Waals surface area (Å²) in [6, 6.07) is 10.2. The number of benzene rings is 2. The summed E-state index contributed by atoms with van der Waals surface area (Å²) in [5.74, 6) is -2.19. The van der Waals surface area contributed by atoms with E-state index in [0.717, 1.165) is 17.7 Å². The Kier molecular flexibility index (Phi) is 5.30. The van der Waals surface area contributed by atoms with Crippen molar-refractivity contribution in [1.82, 2.24) is 10.2 Å². The average Bonchev–Trinajstić information content (AvgIpc) is 2.62. The molecule has 3 rings (SSSR count). The second-order valence-electron chi connectivity index (χ2n) is 6.53. The number of carbonyl (C=O) groups excluding carboxylic acids is 2. The lowest BCUT2D eigenvalue weighted by molar-refractivity contribution is 0.0698. The highest BCUT2D eigenvalue weighted by molar-refractivity contribution is 5.95. The van der Waals surface area contributed by atoms with Crippen molar-refractivity contribution in [1.29, 1.82) is 0 Å². The summed E-state index contributed by atoms with van der Waals surface area (Å²) in [7, 11) is 0. The molecule has 136 valence electrons. The number of hydrogen-bond donors (Lipinski definition) is 1. The quantitative estimate of drug-likeness (QED) is 0.915. The molecule has 1 aliphatic rings. The van der Waals surface area contributed by atoms with Crippen LogP contribution in [-0.4, -0.2) is 35.8 Å². The molecule has 6 heteroatoms. The van der Waals surface area contributed by atoms with Crippen molar-refractivity contribution in [2.75, 3.05) is 13.1 Å². The fourth-order valence-corrected chi connectivity index (χ4v) is 3.04.